The van der Waals surface area contributed by atoms with Gasteiger partial charge in [0, 0.05) is 19.6 Å². The summed E-state index contributed by atoms with van der Waals surface area (Å²) >= 11 is 0. The number of esters is 1. The first kappa shape index (κ1) is 14.0. The van der Waals surface area contributed by atoms with E-state index >= 15 is 0 Å². The second-order valence-electron chi connectivity index (χ2n) is 4.88. The molecule has 4 nitrogen and oxygen atoms in total. The molecule has 1 fully saturated rings. The fraction of sp³-hybridized carbons (Fsp3) is 0.533. The molecule has 4 heteroatoms. The molecule has 0 aromatic heterocycles. The van der Waals surface area contributed by atoms with Crippen molar-refractivity contribution in [3.8, 4) is 0 Å². The Morgan fingerprint density at radius 2 is 2.00 bits per heavy atom. The van der Waals surface area contributed by atoms with E-state index in [1.54, 1.807) is 0 Å². The maximum Gasteiger partial charge on any atom is 0.310 e. The Labute approximate surface area is 114 Å². The summed E-state index contributed by atoms with van der Waals surface area (Å²) in [6.07, 6.45) is 0.267. The monoisotopic (exact) mass is 263 g/mol. The molecule has 0 amide bonds. The van der Waals surface area contributed by atoms with Crippen LogP contribution in [0.3, 0.4) is 0 Å². The largest absolute Gasteiger partial charge is 0.461 e. The van der Waals surface area contributed by atoms with E-state index in [1.807, 2.05) is 37.3 Å². The molecule has 1 aliphatic rings. The predicted molar refractivity (Wildman–Crippen MR) is 73.0 cm³/mol. The fourth-order valence-electron chi connectivity index (χ4n) is 2.21. The number of benzene rings is 1. The van der Waals surface area contributed by atoms with Crippen molar-refractivity contribution in [1.29, 1.82) is 0 Å². The highest BCUT2D eigenvalue weighted by molar-refractivity contribution is 5.72. The molecular formula is C15H21NO3. The van der Waals surface area contributed by atoms with Crippen LogP contribution in [0.15, 0.2) is 30.3 Å². The third kappa shape index (κ3) is 5.01. The van der Waals surface area contributed by atoms with Crippen molar-refractivity contribution < 1.29 is 14.3 Å². The van der Waals surface area contributed by atoms with Gasteiger partial charge in [-0.2, -0.15) is 0 Å². The first-order valence-electron chi connectivity index (χ1n) is 6.77. The summed E-state index contributed by atoms with van der Waals surface area (Å²) in [7, 11) is 0. The van der Waals surface area contributed by atoms with Gasteiger partial charge in [0.05, 0.1) is 19.6 Å². The lowest BCUT2D eigenvalue weighted by Gasteiger charge is -2.28. The minimum absolute atomic E-state index is 0.0747. The van der Waals surface area contributed by atoms with Crippen LogP contribution in [0.2, 0.25) is 0 Å². The third-order valence-electron chi connectivity index (χ3n) is 3.14. The van der Waals surface area contributed by atoms with Gasteiger partial charge in [-0.1, -0.05) is 30.3 Å². The molecule has 1 saturated heterocycles. The molecule has 0 unspecified atom stereocenters. The van der Waals surface area contributed by atoms with Gasteiger partial charge < -0.3 is 9.47 Å². The van der Waals surface area contributed by atoms with Gasteiger partial charge in [0.25, 0.3) is 0 Å². The molecule has 1 aromatic carbocycles. The summed E-state index contributed by atoms with van der Waals surface area (Å²) < 4.78 is 10.7. The first-order chi connectivity index (χ1) is 9.24. The zero-order chi connectivity index (χ0) is 13.5. The van der Waals surface area contributed by atoms with Crippen molar-refractivity contribution in [2.24, 2.45) is 0 Å². The van der Waals surface area contributed by atoms with Gasteiger partial charge in [0.15, 0.2) is 0 Å². The Morgan fingerprint density at radius 3 is 2.68 bits per heavy atom. The Balaban J connectivity index is 1.72. The molecule has 0 saturated carbocycles. The van der Waals surface area contributed by atoms with E-state index in [9.17, 15) is 4.79 Å². The number of carbonyl (C=O) groups is 1. The number of rotatable bonds is 5. The van der Waals surface area contributed by atoms with Crippen LogP contribution in [-0.2, 0) is 20.7 Å². The van der Waals surface area contributed by atoms with Crippen LogP contribution in [0, 0.1) is 0 Å². The van der Waals surface area contributed by atoms with Crippen molar-refractivity contribution in [3.05, 3.63) is 35.9 Å². The predicted octanol–water partition coefficient (Wildman–Crippen LogP) is 1.49. The van der Waals surface area contributed by atoms with E-state index in [2.05, 4.69) is 4.90 Å². The second-order valence-corrected chi connectivity index (χ2v) is 4.88. The van der Waals surface area contributed by atoms with Gasteiger partial charge in [-0.25, -0.2) is 0 Å². The fourth-order valence-corrected chi connectivity index (χ4v) is 2.21. The van der Waals surface area contributed by atoms with Crippen LogP contribution < -0.4 is 0 Å². The van der Waals surface area contributed by atoms with E-state index < -0.39 is 0 Å². The van der Waals surface area contributed by atoms with Gasteiger partial charge in [0.1, 0.15) is 6.10 Å². The summed E-state index contributed by atoms with van der Waals surface area (Å²) in [6.45, 7) is 6.10. The van der Waals surface area contributed by atoms with E-state index in [-0.39, 0.29) is 12.1 Å². The highest BCUT2D eigenvalue weighted by Gasteiger charge is 2.16. The zero-order valence-electron chi connectivity index (χ0n) is 11.4. The van der Waals surface area contributed by atoms with E-state index in [1.165, 1.54) is 0 Å². The maximum absolute atomic E-state index is 11.8. The van der Waals surface area contributed by atoms with Gasteiger partial charge in [-0.3, -0.25) is 9.69 Å². The highest BCUT2D eigenvalue weighted by atomic mass is 16.5. The summed E-state index contributed by atoms with van der Waals surface area (Å²) in [5.41, 5.74) is 0.992. The number of nitrogens with zero attached hydrogens (tertiary/aromatic N) is 1. The zero-order valence-corrected chi connectivity index (χ0v) is 11.4. The maximum atomic E-state index is 11.8. The van der Waals surface area contributed by atoms with Crippen LogP contribution >= 0.6 is 0 Å². The number of hydrogen-bond acceptors (Lipinski definition) is 4. The number of ether oxygens (including phenoxy) is 2. The van der Waals surface area contributed by atoms with E-state index in [0.717, 1.165) is 38.4 Å². The molecule has 104 valence electrons. The van der Waals surface area contributed by atoms with Gasteiger partial charge in [-0.05, 0) is 12.5 Å². The molecule has 2 rings (SSSR count). The molecule has 19 heavy (non-hydrogen) atoms. The van der Waals surface area contributed by atoms with Crippen molar-refractivity contribution in [3.63, 3.8) is 0 Å². The lowest BCUT2D eigenvalue weighted by Crippen LogP contribution is -2.41. The van der Waals surface area contributed by atoms with Gasteiger partial charge in [0.2, 0.25) is 0 Å². The van der Waals surface area contributed by atoms with Crippen LogP contribution in [-0.4, -0.2) is 49.8 Å². The normalized spacial score (nSPS) is 17.9. The van der Waals surface area contributed by atoms with Crippen LogP contribution in [0.4, 0.5) is 0 Å². The average Bonchev–Trinajstić information content (AvgIpc) is 2.40. The molecule has 1 atom stereocenters. The number of carbonyl (C=O) groups excluding carboxylic acids is 1. The van der Waals surface area contributed by atoms with Crippen LogP contribution in [0.5, 0.6) is 0 Å². The standard InChI is InChI=1S/C15H21NO3/c1-13(12-16-7-9-18-10-8-16)19-15(17)11-14-5-3-2-4-6-14/h2-6,13H,7-12H2,1H3/t13-/m1/s1. The molecule has 1 heterocycles. The Morgan fingerprint density at radius 1 is 1.32 bits per heavy atom. The Hall–Kier alpha value is -1.39. The van der Waals surface area contributed by atoms with E-state index in [4.69, 9.17) is 9.47 Å². The highest BCUT2D eigenvalue weighted by Crippen LogP contribution is 2.05. The summed E-state index contributed by atoms with van der Waals surface area (Å²) in [5.74, 6) is -0.160. The van der Waals surface area contributed by atoms with Crippen LogP contribution in [0.1, 0.15) is 12.5 Å². The number of morpholine rings is 1. The van der Waals surface area contributed by atoms with Crippen LogP contribution in [0.25, 0.3) is 0 Å². The molecule has 1 aromatic rings. The SMILES string of the molecule is C[C@H](CN1CCOCC1)OC(=O)Cc1ccccc1. The van der Waals surface area contributed by atoms with Crippen molar-refractivity contribution in [1.82, 2.24) is 4.90 Å². The molecule has 0 radical (unpaired) electrons. The summed E-state index contributed by atoms with van der Waals surface area (Å²) in [6, 6.07) is 9.68. The summed E-state index contributed by atoms with van der Waals surface area (Å²) in [4.78, 5) is 14.1. The average molecular weight is 263 g/mol. The van der Waals surface area contributed by atoms with E-state index in [0.29, 0.717) is 6.42 Å². The Kier molecular flexibility index (Phi) is 5.36. The van der Waals surface area contributed by atoms with Gasteiger partial charge in [-0.15, -0.1) is 0 Å². The number of hydrogen-bond donors (Lipinski definition) is 0. The molecule has 0 aliphatic carbocycles. The lowest BCUT2D eigenvalue weighted by atomic mass is 10.1. The molecule has 1 aliphatic heterocycles. The Bertz CT molecular complexity index is 388. The van der Waals surface area contributed by atoms with Crippen molar-refractivity contribution in [2.75, 3.05) is 32.8 Å². The topological polar surface area (TPSA) is 38.8 Å². The van der Waals surface area contributed by atoms with Crippen molar-refractivity contribution in [2.45, 2.75) is 19.4 Å². The molecule has 0 bridgehead atoms. The second kappa shape index (κ2) is 7.26. The first-order valence-corrected chi connectivity index (χ1v) is 6.77. The lowest BCUT2D eigenvalue weighted by molar-refractivity contribution is -0.148. The smallest absolute Gasteiger partial charge is 0.310 e. The molecular weight excluding hydrogens is 242 g/mol. The molecule has 0 spiro atoms. The van der Waals surface area contributed by atoms with Crippen molar-refractivity contribution >= 4 is 5.97 Å². The molecule has 0 N–H and O–H groups in total. The minimum atomic E-state index is -0.160. The minimum Gasteiger partial charge on any atom is -0.461 e. The third-order valence-corrected chi connectivity index (χ3v) is 3.14. The quantitative estimate of drug-likeness (QED) is 0.755. The van der Waals surface area contributed by atoms with Gasteiger partial charge >= 0.3 is 5.97 Å². The summed E-state index contributed by atoms with van der Waals surface area (Å²) in [5, 5.41) is 0.